The van der Waals surface area contributed by atoms with Crippen molar-refractivity contribution in [2.45, 2.75) is 33.1 Å². The Morgan fingerprint density at radius 3 is 2.56 bits per heavy atom. The number of amides is 1. The Balaban J connectivity index is 2.28. The van der Waals surface area contributed by atoms with Crippen molar-refractivity contribution in [1.29, 1.82) is 5.26 Å². The zero-order valence-electron chi connectivity index (χ0n) is 11.9. The smallest absolute Gasteiger partial charge is 0.236 e. The maximum Gasteiger partial charge on any atom is 0.236 e. The van der Waals surface area contributed by atoms with Gasteiger partial charge in [-0.1, -0.05) is 13.8 Å². The van der Waals surface area contributed by atoms with E-state index in [1.165, 1.54) is 12.8 Å². The van der Waals surface area contributed by atoms with Crippen molar-refractivity contribution in [2.24, 2.45) is 11.8 Å². The van der Waals surface area contributed by atoms with Gasteiger partial charge in [-0.25, -0.2) is 0 Å². The first-order valence-corrected chi connectivity index (χ1v) is 6.88. The number of nitrogens with zero attached hydrogens (tertiary/aromatic N) is 3. The fourth-order valence-corrected chi connectivity index (χ4v) is 2.43. The summed E-state index contributed by atoms with van der Waals surface area (Å²) in [6.07, 6.45) is 2.82. The summed E-state index contributed by atoms with van der Waals surface area (Å²) >= 11 is 0. The van der Waals surface area contributed by atoms with Crippen LogP contribution in [0, 0.1) is 23.2 Å². The summed E-state index contributed by atoms with van der Waals surface area (Å²) in [6.45, 7) is 7.66. The maximum atomic E-state index is 11.9. The number of hydrogen-bond acceptors (Lipinski definition) is 3. The standard InChI is InChI=1S/C14H25N3O/c1-12(2)13-5-9-17(10-6-13)11-14(18)16(3)8-4-7-15/h12-13H,4-6,8-11H2,1-3H3. The molecule has 0 aliphatic carbocycles. The molecule has 0 atom stereocenters. The molecule has 0 bridgehead atoms. The van der Waals surface area contributed by atoms with Crippen LogP contribution in [0.1, 0.15) is 33.1 Å². The van der Waals surface area contributed by atoms with Gasteiger partial charge in [0.15, 0.2) is 0 Å². The molecule has 1 aliphatic heterocycles. The molecule has 4 heteroatoms. The number of carbonyl (C=O) groups excluding carboxylic acids is 1. The number of piperidine rings is 1. The fraction of sp³-hybridized carbons (Fsp3) is 0.857. The predicted molar refractivity (Wildman–Crippen MR) is 71.9 cm³/mol. The Labute approximate surface area is 111 Å². The molecule has 0 aromatic heterocycles. The molecular formula is C14H25N3O. The van der Waals surface area contributed by atoms with Crippen LogP contribution in [0.4, 0.5) is 0 Å². The van der Waals surface area contributed by atoms with Crippen LogP contribution in [0.15, 0.2) is 0 Å². The largest absolute Gasteiger partial charge is 0.344 e. The van der Waals surface area contributed by atoms with E-state index in [2.05, 4.69) is 24.8 Å². The molecule has 1 fully saturated rings. The quantitative estimate of drug-likeness (QED) is 0.747. The zero-order valence-corrected chi connectivity index (χ0v) is 11.9. The fourth-order valence-electron chi connectivity index (χ4n) is 2.43. The number of carbonyl (C=O) groups is 1. The number of nitriles is 1. The maximum absolute atomic E-state index is 11.9. The molecule has 0 aromatic rings. The second-order valence-corrected chi connectivity index (χ2v) is 5.58. The van der Waals surface area contributed by atoms with Gasteiger partial charge in [0.2, 0.25) is 5.91 Å². The summed E-state index contributed by atoms with van der Waals surface area (Å²) in [5, 5.41) is 8.50. The van der Waals surface area contributed by atoms with Crippen molar-refractivity contribution in [2.75, 3.05) is 33.2 Å². The van der Waals surface area contributed by atoms with Gasteiger partial charge in [0.25, 0.3) is 0 Å². The first kappa shape index (κ1) is 15.0. The second kappa shape index (κ2) is 7.38. The van der Waals surface area contributed by atoms with Crippen LogP contribution in [-0.4, -0.2) is 48.9 Å². The lowest BCUT2D eigenvalue weighted by Crippen LogP contribution is -2.43. The van der Waals surface area contributed by atoms with Crippen molar-refractivity contribution in [1.82, 2.24) is 9.80 Å². The summed E-state index contributed by atoms with van der Waals surface area (Å²) in [4.78, 5) is 15.8. The van der Waals surface area contributed by atoms with E-state index in [1.807, 2.05) is 0 Å². The molecular weight excluding hydrogens is 226 g/mol. The van der Waals surface area contributed by atoms with Gasteiger partial charge in [-0.2, -0.15) is 5.26 Å². The van der Waals surface area contributed by atoms with Gasteiger partial charge in [-0.3, -0.25) is 9.69 Å². The van der Waals surface area contributed by atoms with E-state index in [0.717, 1.165) is 24.9 Å². The van der Waals surface area contributed by atoms with Crippen LogP contribution in [0.5, 0.6) is 0 Å². The zero-order chi connectivity index (χ0) is 13.5. The highest BCUT2D eigenvalue weighted by molar-refractivity contribution is 5.78. The lowest BCUT2D eigenvalue weighted by molar-refractivity contribution is -0.131. The lowest BCUT2D eigenvalue weighted by Gasteiger charge is -2.34. The molecule has 0 spiro atoms. The molecule has 102 valence electrons. The Morgan fingerprint density at radius 1 is 1.44 bits per heavy atom. The lowest BCUT2D eigenvalue weighted by atomic mass is 9.87. The van der Waals surface area contributed by atoms with Gasteiger partial charge in [-0.15, -0.1) is 0 Å². The summed E-state index contributed by atoms with van der Waals surface area (Å²) in [5.41, 5.74) is 0. The van der Waals surface area contributed by atoms with E-state index in [4.69, 9.17) is 5.26 Å². The molecule has 18 heavy (non-hydrogen) atoms. The van der Waals surface area contributed by atoms with Gasteiger partial charge in [0, 0.05) is 13.6 Å². The third-order valence-electron chi connectivity index (χ3n) is 3.92. The van der Waals surface area contributed by atoms with E-state index in [0.29, 0.717) is 19.5 Å². The van der Waals surface area contributed by atoms with Gasteiger partial charge in [0.05, 0.1) is 19.0 Å². The van der Waals surface area contributed by atoms with Crippen molar-refractivity contribution >= 4 is 5.91 Å². The molecule has 0 N–H and O–H groups in total. The van der Waals surface area contributed by atoms with Crippen LogP contribution >= 0.6 is 0 Å². The first-order valence-electron chi connectivity index (χ1n) is 6.88. The Morgan fingerprint density at radius 2 is 2.06 bits per heavy atom. The molecule has 1 saturated heterocycles. The van der Waals surface area contributed by atoms with E-state index in [-0.39, 0.29) is 5.91 Å². The Kier molecular flexibility index (Phi) is 6.14. The van der Waals surface area contributed by atoms with E-state index in [1.54, 1.807) is 11.9 Å². The molecule has 0 saturated carbocycles. The summed E-state index contributed by atoms with van der Waals surface area (Å²) in [5.74, 6) is 1.70. The molecule has 1 heterocycles. The molecule has 1 aliphatic rings. The SMILES string of the molecule is CC(C)C1CCN(CC(=O)N(C)CCC#N)CC1. The van der Waals surface area contributed by atoms with Gasteiger partial charge in [0.1, 0.15) is 0 Å². The van der Waals surface area contributed by atoms with E-state index >= 15 is 0 Å². The van der Waals surface area contributed by atoms with Crippen LogP contribution in [0.25, 0.3) is 0 Å². The van der Waals surface area contributed by atoms with E-state index < -0.39 is 0 Å². The third kappa shape index (κ3) is 4.66. The third-order valence-corrected chi connectivity index (χ3v) is 3.92. The number of rotatable bonds is 5. The highest BCUT2D eigenvalue weighted by atomic mass is 16.2. The average Bonchev–Trinajstić information content (AvgIpc) is 2.36. The minimum absolute atomic E-state index is 0.133. The Hall–Kier alpha value is -1.08. The Bertz CT molecular complexity index is 301. The minimum atomic E-state index is 0.133. The summed E-state index contributed by atoms with van der Waals surface area (Å²) in [6, 6.07) is 2.07. The first-order chi connectivity index (χ1) is 8.54. The topological polar surface area (TPSA) is 47.3 Å². The van der Waals surface area contributed by atoms with Gasteiger partial charge < -0.3 is 4.90 Å². The van der Waals surface area contributed by atoms with Crippen LogP contribution in [-0.2, 0) is 4.79 Å². The number of likely N-dealkylation sites (tertiary alicyclic amines) is 1. The molecule has 1 rings (SSSR count). The van der Waals surface area contributed by atoms with Crippen molar-refractivity contribution in [3.63, 3.8) is 0 Å². The van der Waals surface area contributed by atoms with Crippen LogP contribution < -0.4 is 0 Å². The highest BCUT2D eigenvalue weighted by Gasteiger charge is 2.23. The monoisotopic (exact) mass is 251 g/mol. The summed E-state index contributed by atoms with van der Waals surface area (Å²) in [7, 11) is 1.78. The predicted octanol–water partition coefficient (Wildman–Crippen LogP) is 1.73. The highest BCUT2D eigenvalue weighted by Crippen LogP contribution is 2.24. The molecule has 0 unspecified atom stereocenters. The van der Waals surface area contributed by atoms with Crippen molar-refractivity contribution < 1.29 is 4.79 Å². The van der Waals surface area contributed by atoms with Crippen LogP contribution in [0.2, 0.25) is 0 Å². The summed E-state index contributed by atoms with van der Waals surface area (Å²) < 4.78 is 0. The molecule has 4 nitrogen and oxygen atoms in total. The van der Waals surface area contributed by atoms with Gasteiger partial charge in [-0.05, 0) is 37.8 Å². The number of likely N-dealkylation sites (N-methyl/N-ethyl adjacent to an activating group) is 1. The van der Waals surface area contributed by atoms with Crippen LogP contribution in [0.3, 0.4) is 0 Å². The van der Waals surface area contributed by atoms with Crippen molar-refractivity contribution in [3.8, 4) is 6.07 Å². The minimum Gasteiger partial charge on any atom is -0.344 e. The molecule has 0 radical (unpaired) electrons. The van der Waals surface area contributed by atoms with Crippen molar-refractivity contribution in [3.05, 3.63) is 0 Å². The van der Waals surface area contributed by atoms with E-state index in [9.17, 15) is 4.79 Å². The van der Waals surface area contributed by atoms with Gasteiger partial charge >= 0.3 is 0 Å². The second-order valence-electron chi connectivity index (χ2n) is 5.58. The molecule has 0 aromatic carbocycles. The number of hydrogen-bond donors (Lipinski definition) is 0. The average molecular weight is 251 g/mol. The normalized spacial score (nSPS) is 17.7. The molecule has 1 amide bonds.